The fourth-order valence-corrected chi connectivity index (χ4v) is 3.28. The first-order chi connectivity index (χ1) is 13.2. The average molecular weight is 357 g/mol. The Morgan fingerprint density at radius 2 is 1.81 bits per heavy atom. The summed E-state index contributed by atoms with van der Waals surface area (Å²) >= 11 is 0. The lowest BCUT2D eigenvalue weighted by Gasteiger charge is -2.08. The summed E-state index contributed by atoms with van der Waals surface area (Å²) in [6.45, 7) is 5.80. The van der Waals surface area contributed by atoms with Crippen molar-refractivity contribution in [3.63, 3.8) is 0 Å². The van der Waals surface area contributed by atoms with E-state index in [9.17, 15) is 0 Å². The van der Waals surface area contributed by atoms with Gasteiger partial charge in [0.2, 0.25) is 5.95 Å². The van der Waals surface area contributed by atoms with Gasteiger partial charge in [-0.15, -0.1) is 0 Å². The Bertz CT molecular complexity index is 1070. The van der Waals surface area contributed by atoms with Crippen LogP contribution >= 0.6 is 0 Å². The molecular weight excluding hydrogens is 334 g/mol. The number of benzene rings is 2. The van der Waals surface area contributed by atoms with Crippen LogP contribution in [0.15, 0.2) is 60.8 Å². The minimum Gasteiger partial charge on any atom is -0.354 e. The highest BCUT2D eigenvalue weighted by atomic mass is 15.3. The molecule has 0 spiro atoms. The van der Waals surface area contributed by atoms with E-state index in [2.05, 4.69) is 75.8 Å². The van der Waals surface area contributed by atoms with Gasteiger partial charge in [-0.1, -0.05) is 36.4 Å². The maximum atomic E-state index is 4.67. The first-order valence-corrected chi connectivity index (χ1v) is 9.26. The van der Waals surface area contributed by atoms with Gasteiger partial charge in [0.05, 0.1) is 11.4 Å². The molecule has 2 heterocycles. The summed E-state index contributed by atoms with van der Waals surface area (Å²) < 4.78 is 2.05. The van der Waals surface area contributed by atoms with Crippen LogP contribution in [0.1, 0.15) is 17.8 Å². The summed E-state index contributed by atoms with van der Waals surface area (Å²) in [5.74, 6) is 0.661. The van der Waals surface area contributed by atoms with Gasteiger partial charge >= 0.3 is 0 Å². The van der Waals surface area contributed by atoms with Crippen molar-refractivity contribution in [2.45, 2.75) is 26.8 Å². The second-order valence-electron chi connectivity index (χ2n) is 6.76. The maximum Gasteiger partial charge on any atom is 0.223 e. The van der Waals surface area contributed by atoms with Gasteiger partial charge in [0.1, 0.15) is 0 Å². The lowest BCUT2D eigenvalue weighted by molar-refractivity contribution is 0.573. The number of anilines is 1. The molecule has 0 aliphatic rings. The first-order valence-electron chi connectivity index (χ1n) is 9.26. The van der Waals surface area contributed by atoms with E-state index < -0.39 is 0 Å². The topological polar surface area (TPSA) is 55.6 Å². The summed E-state index contributed by atoms with van der Waals surface area (Å²) in [7, 11) is 0. The number of aryl methyl sites for hydroxylation is 3. The van der Waals surface area contributed by atoms with Gasteiger partial charge in [0, 0.05) is 30.5 Å². The van der Waals surface area contributed by atoms with Crippen molar-refractivity contribution in [2.75, 3.05) is 11.9 Å². The molecule has 0 atom stereocenters. The molecule has 0 bridgehead atoms. The molecule has 0 aliphatic carbocycles. The highest BCUT2D eigenvalue weighted by Gasteiger charge is 2.04. The van der Waals surface area contributed by atoms with E-state index in [4.69, 9.17) is 0 Å². The molecule has 5 heteroatoms. The number of hydrogen-bond acceptors (Lipinski definition) is 4. The number of hydrogen-bond donors (Lipinski definition) is 1. The highest BCUT2D eigenvalue weighted by molar-refractivity contribution is 5.86. The first kappa shape index (κ1) is 17.2. The predicted molar refractivity (Wildman–Crippen MR) is 110 cm³/mol. The van der Waals surface area contributed by atoms with Gasteiger partial charge < -0.3 is 5.32 Å². The number of nitrogens with one attached hydrogen (secondary N) is 1. The molecular formula is C22H23N5. The normalized spacial score (nSPS) is 11.0. The molecule has 0 fully saturated rings. The van der Waals surface area contributed by atoms with Crippen molar-refractivity contribution in [2.24, 2.45) is 0 Å². The molecule has 0 radical (unpaired) electrons. The fourth-order valence-electron chi connectivity index (χ4n) is 3.28. The van der Waals surface area contributed by atoms with Crippen molar-refractivity contribution >= 4 is 16.7 Å². The third-order valence-electron chi connectivity index (χ3n) is 4.63. The number of aromatic nitrogens is 4. The zero-order valence-electron chi connectivity index (χ0n) is 15.7. The van der Waals surface area contributed by atoms with Gasteiger partial charge in [-0.05, 0) is 49.2 Å². The van der Waals surface area contributed by atoms with Gasteiger partial charge in [0.15, 0.2) is 0 Å². The number of nitrogens with zero attached hydrogens (tertiary/aromatic N) is 4. The fraction of sp³-hybridized carbons (Fsp3) is 0.227. The Kier molecular flexibility index (Phi) is 4.83. The molecule has 0 saturated heterocycles. The molecule has 4 rings (SSSR count). The van der Waals surface area contributed by atoms with Crippen molar-refractivity contribution in [3.8, 4) is 11.3 Å². The van der Waals surface area contributed by atoms with Gasteiger partial charge in [-0.2, -0.15) is 5.10 Å². The largest absolute Gasteiger partial charge is 0.354 e. The summed E-state index contributed by atoms with van der Waals surface area (Å²) in [6.07, 6.45) is 2.77. The van der Waals surface area contributed by atoms with Crippen LogP contribution in [-0.2, 0) is 6.54 Å². The van der Waals surface area contributed by atoms with E-state index in [0.29, 0.717) is 5.95 Å². The minimum absolute atomic E-state index is 0.661. The summed E-state index contributed by atoms with van der Waals surface area (Å²) in [4.78, 5) is 9.02. The minimum atomic E-state index is 0.661. The predicted octanol–water partition coefficient (Wildman–Crippen LogP) is 4.61. The van der Waals surface area contributed by atoms with E-state index in [1.54, 1.807) is 6.20 Å². The summed E-state index contributed by atoms with van der Waals surface area (Å²) in [6, 6.07) is 18.8. The Labute approximate surface area is 159 Å². The molecule has 4 aromatic rings. The average Bonchev–Trinajstić information content (AvgIpc) is 3.02. The van der Waals surface area contributed by atoms with Crippen LogP contribution < -0.4 is 5.32 Å². The van der Waals surface area contributed by atoms with E-state index in [0.717, 1.165) is 36.5 Å². The van der Waals surface area contributed by atoms with Crippen molar-refractivity contribution in [3.05, 3.63) is 72.2 Å². The monoisotopic (exact) mass is 357 g/mol. The van der Waals surface area contributed by atoms with Crippen LogP contribution in [0.5, 0.6) is 0 Å². The van der Waals surface area contributed by atoms with Gasteiger partial charge in [-0.3, -0.25) is 4.68 Å². The molecule has 1 N–H and O–H groups in total. The Balaban J connectivity index is 1.41. The van der Waals surface area contributed by atoms with E-state index in [-0.39, 0.29) is 0 Å². The lowest BCUT2D eigenvalue weighted by Crippen LogP contribution is -2.10. The molecule has 5 nitrogen and oxygen atoms in total. The zero-order chi connectivity index (χ0) is 18.6. The second-order valence-corrected chi connectivity index (χ2v) is 6.76. The molecule has 0 unspecified atom stereocenters. The Morgan fingerprint density at radius 1 is 0.963 bits per heavy atom. The maximum absolute atomic E-state index is 4.67. The third kappa shape index (κ3) is 3.97. The SMILES string of the molecule is Cc1cc(C)n(CCCNc2nccc(-c3ccc4ccccc4c3)n2)n1. The quantitative estimate of drug-likeness (QED) is 0.512. The van der Waals surface area contributed by atoms with E-state index in [1.807, 2.05) is 17.7 Å². The molecule has 0 amide bonds. The Morgan fingerprint density at radius 3 is 2.63 bits per heavy atom. The van der Waals surface area contributed by atoms with Gasteiger partial charge in [-0.25, -0.2) is 9.97 Å². The van der Waals surface area contributed by atoms with Crippen LogP contribution in [0.2, 0.25) is 0 Å². The summed E-state index contributed by atoms with van der Waals surface area (Å²) in [5, 5.41) is 10.3. The molecule has 136 valence electrons. The standard InChI is InChI=1S/C22H23N5/c1-16-14-17(2)27(26-16)13-5-11-23-22-24-12-10-21(25-22)20-9-8-18-6-3-4-7-19(18)15-20/h3-4,6-10,12,14-15H,5,11,13H2,1-2H3,(H,23,24,25). The molecule has 2 aromatic heterocycles. The zero-order valence-corrected chi connectivity index (χ0v) is 15.7. The molecule has 0 saturated carbocycles. The smallest absolute Gasteiger partial charge is 0.223 e. The van der Waals surface area contributed by atoms with E-state index >= 15 is 0 Å². The van der Waals surface area contributed by atoms with E-state index in [1.165, 1.54) is 16.5 Å². The molecule has 0 aliphatic heterocycles. The third-order valence-corrected chi connectivity index (χ3v) is 4.63. The van der Waals surface area contributed by atoms with Crippen LogP contribution in [0.4, 0.5) is 5.95 Å². The highest BCUT2D eigenvalue weighted by Crippen LogP contribution is 2.23. The van der Waals surface area contributed by atoms with Crippen molar-refractivity contribution in [1.82, 2.24) is 19.7 Å². The number of rotatable bonds is 6. The van der Waals surface area contributed by atoms with Crippen LogP contribution in [0, 0.1) is 13.8 Å². The second kappa shape index (κ2) is 7.58. The van der Waals surface area contributed by atoms with Crippen molar-refractivity contribution < 1.29 is 0 Å². The number of fused-ring (bicyclic) bond motifs is 1. The lowest BCUT2D eigenvalue weighted by atomic mass is 10.1. The Hall–Kier alpha value is -3.21. The van der Waals surface area contributed by atoms with Crippen LogP contribution in [-0.4, -0.2) is 26.3 Å². The molecule has 2 aromatic carbocycles. The van der Waals surface area contributed by atoms with Gasteiger partial charge in [0.25, 0.3) is 0 Å². The van der Waals surface area contributed by atoms with Crippen LogP contribution in [0.3, 0.4) is 0 Å². The van der Waals surface area contributed by atoms with Crippen molar-refractivity contribution in [1.29, 1.82) is 0 Å². The summed E-state index contributed by atoms with van der Waals surface area (Å²) in [5.41, 5.74) is 4.28. The van der Waals surface area contributed by atoms with Crippen LogP contribution in [0.25, 0.3) is 22.0 Å². The molecule has 27 heavy (non-hydrogen) atoms.